The molecule has 2 N–H and O–H groups in total. The molecule has 1 rings (SSSR count). The lowest BCUT2D eigenvalue weighted by Crippen LogP contribution is -2.57. The van der Waals surface area contributed by atoms with Crippen molar-refractivity contribution in [3.63, 3.8) is 0 Å². The Morgan fingerprint density at radius 3 is 2.35 bits per heavy atom. The highest BCUT2D eigenvalue weighted by molar-refractivity contribution is 14.1. The fourth-order valence-electron chi connectivity index (χ4n) is 1.30. The van der Waals surface area contributed by atoms with Gasteiger partial charge in [-0.1, -0.05) is 0 Å². The summed E-state index contributed by atoms with van der Waals surface area (Å²) in [5.74, 6) is -0.453. The van der Waals surface area contributed by atoms with Gasteiger partial charge in [0.05, 0.1) is 21.6 Å². The van der Waals surface area contributed by atoms with E-state index in [4.69, 9.17) is 0 Å². The van der Waals surface area contributed by atoms with Crippen molar-refractivity contribution in [2.45, 2.75) is 38.8 Å². The second-order valence-corrected chi connectivity index (χ2v) is 6.72. The lowest BCUT2D eigenvalue weighted by atomic mass is 9.85. The number of nitro groups is 1. The molecule has 1 aromatic rings. The van der Waals surface area contributed by atoms with Crippen molar-refractivity contribution < 1.29 is 14.8 Å². The van der Waals surface area contributed by atoms with Crippen LogP contribution >= 0.6 is 22.6 Å². The fourth-order valence-corrected chi connectivity index (χ4v) is 1.89. The molecule has 0 unspecified atom stereocenters. The molecule has 0 saturated heterocycles. The smallest absolute Gasteiger partial charge is 0.270 e. The summed E-state index contributed by atoms with van der Waals surface area (Å²) in [4.78, 5) is 22.5. The largest absolute Gasteiger partial charge is 0.388 e. The molecule has 0 aliphatic carbocycles. The van der Waals surface area contributed by atoms with Crippen molar-refractivity contribution in [1.82, 2.24) is 5.32 Å². The number of nitrogens with one attached hydrogen (secondary N) is 1. The number of halogens is 1. The van der Waals surface area contributed by atoms with Crippen LogP contribution in [-0.4, -0.2) is 27.1 Å². The Morgan fingerprint density at radius 2 is 1.90 bits per heavy atom. The Balaban J connectivity index is 3.10. The van der Waals surface area contributed by atoms with Crippen LogP contribution in [0.1, 0.15) is 38.1 Å². The van der Waals surface area contributed by atoms with Crippen LogP contribution in [0, 0.1) is 13.7 Å². The molecular weight excluding hydrogens is 375 g/mol. The number of carbonyl (C=O) groups excluding carboxylic acids is 1. The molecule has 0 heterocycles. The van der Waals surface area contributed by atoms with Crippen molar-refractivity contribution in [1.29, 1.82) is 0 Å². The van der Waals surface area contributed by atoms with E-state index in [2.05, 4.69) is 5.32 Å². The molecule has 0 aliphatic heterocycles. The maximum Gasteiger partial charge on any atom is 0.270 e. The first kappa shape index (κ1) is 16.8. The van der Waals surface area contributed by atoms with Crippen molar-refractivity contribution in [2.75, 3.05) is 0 Å². The summed E-state index contributed by atoms with van der Waals surface area (Å²) in [7, 11) is 0. The SMILES string of the molecule is CC(C)(O)C(C)(C)NC(=O)c1cc([N+](=O)[O-])ccc1I. The van der Waals surface area contributed by atoms with Crippen molar-refractivity contribution in [3.8, 4) is 0 Å². The molecule has 110 valence electrons. The minimum atomic E-state index is -1.13. The third kappa shape index (κ3) is 3.66. The van der Waals surface area contributed by atoms with Gasteiger partial charge in [-0.2, -0.15) is 0 Å². The first-order valence-electron chi connectivity index (χ1n) is 5.94. The zero-order chi connectivity index (χ0) is 15.7. The van der Waals surface area contributed by atoms with Crippen LogP contribution in [0.2, 0.25) is 0 Å². The molecule has 0 radical (unpaired) electrons. The van der Waals surface area contributed by atoms with Gasteiger partial charge in [0.25, 0.3) is 11.6 Å². The molecule has 7 heteroatoms. The highest BCUT2D eigenvalue weighted by Gasteiger charge is 2.36. The summed E-state index contributed by atoms with van der Waals surface area (Å²) in [6.07, 6.45) is 0. The molecule has 6 nitrogen and oxygen atoms in total. The van der Waals surface area contributed by atoms with Gasteiger partial charge in [0, 0.05) is 15.7 Å². The number of hydrogen-bond donors (Lipinski definition) is 2. The Morgan fingerprint density at radius 1 is 1.35 bits per heavy atom. The number of hydrogen-bond acceptors (Lipinski definition) is 4. The minimum absolute atomic E-state index is 0.142. The van der Waals surface area contributed by atoms with E-state index >= 15 is 0 Å². The molecule has 1 amide bonds. The van der Waals surface area contributed by atoms with Crippen molar-refractivity contribution in [3.05, 3.63) is 37.4 Å². The van der Waals surface area contributed by atoms with Crippen molar-refractivity contribution >= 4 is 34.2 Å². The first-order chi connectivity index (χ1) is 8.95. The van der Waals surface area contributed by atoms with E-state index in [0.29, 0.717) is 3.57 Å². The van der Waals surface area contributed by atoms with Crippen LogP contribution in [0.4, 0.5) is 5.69 Å². The second-order valence-electron chi connectivity index (χ2n) is 5.56. The number of carbonyl (C=O) groups is 1. The molecule has 0 aromatic heterocycles. The Hall–Kier alpha value is -1.22. The van der Waals surface area contributed by atoms with Crippen LogP contribution in [0.5, 0.6) is 0 Å². The summed E-state index contributed by atoms with van der Waals surface area (Å²) < 4.78 is 0.609. The van der Waals surface area contributed by atoms with Gasteiger partial charge in [0.1, 0.15) is 0 Å². The fraction of sp³-hybridized carbons (Fsp3) is 0.462. The van der Waals surface area contributed by atoms with Gasteiger partial charge in [-0.3, -0.25) is 14.9 Å². The third-order valence-corrected chi connectivity index (χ3v) is 4.30. The molecule has 0 fully saturated rings. The van der Waals surface area contributed by atoms with Gasteiger partial charge in [-0.25, -0.2) is 0 Å². The standard InChI is InChI=1S/C13H17IN2O4/c1-12(2,13(3,4)18)15-11(17)9-7-8(16(19)20)5-6-10(9)14/h5-7,18H,1-4H3,(H,15,17). The van der Waals surface area contributed by atoms with Gasteiger partial charge < -0.3 is 10.4 Å². The minimum Gasteiger partial charge on any atom is -0.388 e. The van der Waals surface area contributed by atoms with Gasteiger partial charge in [-0.05, 0) is 56.4 Å². The molecule has 0 saturated carbocycles. The highest BCUT2D eigenvalue weighted by Crippen LogP contribution is 2.24. The maximum atomic E-state index is 12.3. The van der Waals surface area contributed by atoms with Gasteiger partial charge in [0.15, 0.2) is 0 Å². The second kappa shape index (κ2) is 5.65. The first-order valence-corrected chi connectivity index (χ1v) is 7.02. The zero-order valence-electron chi connectivity index (χ0n) is 11.7. The molecule has 0 spiro atoms. The topological polar surface area (TPSA) is 92.5 Å². The van der Waals surface area contributed by atoms with Crippen LogP contribution in [0.3, 0.4) is 0 Å². The number of nitrogens with zero attached hydrogens (tertiary/aromatic N) is 1. The lowest BCUT2D eigenvalue weighted by Gasteiger charge is -2.38. The molecule has 1 aromatic carbocycles. The average molecular weight is 392 g/mol. The number of non-ortho nitro benzene ring substituents is 1. The van der Waals surface area contributed by atoms with Crippen LogP contribution in [0.15, 0.2) is 18.2 Å². The average Bonchev–Trinajstić information content (AvgIpc) is 2.26. The normalized spacial score (nSPS) is 12.1. The third-order valence-electron chi connectivity index (χ3n) is 3.36. The summed E-state index contributed by atoms with van der Waals surface area (Å²) >= 11 is 1.94. The van der Waals surface area contributed by atoms with Crippen LogP contribution in [-0.2, 0) is 0 Å². The van der Waals surface area contributed by atoms with E-state index in [1.165, 1.54) is 18.2 Å². The van der Waals surface area contributed by atoms with E-state index in [0.717, 1.165) is 0 Å². The lowest BCUT2D eigenvalue weighted by molar-refractivity contribution is -0.384. The van der Waals surface area contributed by atoms with E-state index < -0.39 is 22.0 Å². The number of benzene rings is 1. The zero-order valence-corrected chi connectivity index (χ0v) is 13.9. The quantitative estimate of drug-likeness (QED) is 0.468. The van der Waals surface area contributed by atoms with Crippen molar-refractivity contribution in [2.24, 2.45) is 0 Å². The predicted molar refractivity (Wildman–Crippen MR) is 83.7 cm³/mol. The summed E-state index contributed by atoms with van der Waals surface area (Å²) in [6.45, 7) is 6.56. The summed E-state index contributed by atoms with van der Waals surface area (Å²) in [5, 5.41) is 23.5. The number of nitro benzene ring substituents is 1. The van der Waals surface area contributed by atoms with Crippen LogP contribution in [0.25, 0.3) is 0 Å². The monoisotopic (exact) mass is 392 g/mol. The molecule has 0 aliphatic rings. The molecule has 0 bridgehead atoms. The van der Waals surface area contributed by atoms with Crippen LogP contribution < -0.4 is 5.32 Å². The van der Waals surface area contributed by atoms with Gasteiger partial charge >= 0.3 is 0 Å². The van der Waals surface area contributed by atoms with E-state index in [1.807, 2.05) is 22.6 Å². The molecule has 0 atom stereocenters. The number of amides is 1. The number of rotatable bonds is 4. The maximum absolute atomic E-state index is 12.3. The van der Waals surface area contributed by atoms with E-state index in [-0.39, 0.29) is 11.3 Å². The highest BCUT2D eigenvalue weighted by atomic mass is 127. The molecule has 20 heavy (non-hydrogen) atoms. The van der Waals surface area contributed by atoms with E-state index in [1.54, 1.807) is 27.7 Å². The summed E-state index contributed by atoms with van der Waals surface area (Å²) in [5.41, 5.74) is -1.93. The van der Waals surface area contributed by atoms with Gasteiger partial charge in [-0.15, -0.1) is 0 Å². The number of aliphatic hydroxyl groups is 1. The Kier molecular flexibility index (Phi) is 4.75. The predicted octanol–water partition coefficient (Wildman–Crippen LogP) is 2.48. The van der Waals surface area contributed by atoms with Gasteiger partial charge in [0.2, 0.25) is 0 Å². The molecular formula is C13H17IN2O4. The van der Waals surface area contributed by atoms with E-state index in [9.17, 15) is 20.0 Å². The Labute approximate surface area is 130 Å². The Bertz CT molecular complexity index is 550. The summed E-state index contributed by atoms with van der Waals surface area (Å²) in [6, 6.07) is 4.10.